The Morgan fingerprint density at radius 3 is 2.95 bits per heavy atom. The van der Waals surface area contributed by atoms with Crippen LogP contribution < -0.4 is 5.32 Å². The lowest BCUT2D eigenvalue weighted by atomic mass is 10.2. The summed E-state index contributed by atoms with van der Waals surface area (Å²) in [5.74, 6) is 2.35. The number of anilines is 1. The van der Waals surface area contributed by atoms with Crippen LogP contribution in [0.25, 0.3) is 21.8 Å². The highest BCUT2D eigenvalue weighted by atomic mass is 32.1. The lowest BCUT2D eigenvalue weighted by Gasteiger charge is -2.06. The summed E-state index contributed by atoms with van der Waals surface area (Å²) in [6.45, 7) is 2.01. The van der Waals surface area contributed by atoms with Crippen molar-refractivity contribution in [2.75, 3.05) is 12.4 Å². The molecular weight excluding hydrogens is 270 g/mol. The molecule has 20 heavy (non-hydrogen) atoms. The van der Waals surface area contributed by atoms with Crippen LogP contribution in [0.1, 0.15) is 22.4 Å². The molecule has 0 atom stereocenters. The van der Waals surface area contributed by atoms with E-state index < -0.39 is 0 Å². The molecule has 0 bridgehead atoms. The van der Waals surface area contributed by atoms with Gasteiger partial charge >= 0.3 is 0 Å². The van der Waals surface area contributed by atoms with Crippen LogP contribution in [-0.2, 0) is 12.8 Å². The predicted octanol–water partition coefficient (Wildman–Crippen LogP) is 3.79. The Morgan fingerprint density at radius 2 is 2.20 bits per heavy atom. The number of nitrogens with zero attached hydrogens (tertiary/aromatic N) is 2. The van der Waals surface area contributed by atoms with Crippen LogP contribution in [0.4, 0.5) is 5.82 Å². The number of aromatic nitrogens is 2. The van der Waals surface area contributed by atoms with Gasteiger partial charge in [0.05, 0.1) is 11.6 Å². The molecule has 0 aliphatic heterocycles. The molecule has 0 fully saturated rings. The molecule has 1 N–H and O–H groups in total. The monoisotopic (exact) mass is 285 g/mol. The molecule has 0 saturated heterocycles. The number of furan rings is 1. The van der Waals surface area contributed by atoms with Gasteiger partial charge < -0.3 is 9.73 Å². The molecule has 1 aliphatic carbocycles. The molecule has 5 heteroatoms. The van der Waals surface area contributed by atoms with E-state index in [1.54, 1.807) is 17.6 Å². The molecule has 1 aliphatic rings. The van der Waals surface area contributed by atoms with Crippen molar-refractivity contribution in [3.8, 4) is 11.6 Å². The van der Waals surface area contributed by atoms with Crippen molar-refractivity contribution in [1.29, 1.82) is 0 Å². The Hall–Kier alpha value is -1.88. The molecule has 4 nitrogen and oxygen atoms in total. The zero-order chi connectivity index (χ0) is 13.7. The lowest BCUT2D eigenvalue weighted by molar-refractivity contribution is 0.576. The van der Waals surface area contributed by atoms with Gasteiger partial charge in [-0.05, 0) is 43.4 Å². The van der Waals surface area contributed by atoms with Crippen LogP contribution in [0.2, 0.25) is 0 Å². The van der Waals surface area contributed by atoms with E-state index in [-0.39, 0.29) is 0 Å². The van der Waals surface area contributed by atoms with Gasteiger partial charge in [0.2, 0.25) is 0 Å². The Balaban J connectivity index is 2.00. The first-order chi connectivity index (χ1) is 9.78. The number of rotatable bonds is 2. The fourth-order valence-electron chi connectivity index (χ4n) is 2.88. The van der Waals surface area contributed by atoms with Crippen molar-refractivity contribution in [2.24, 2.45) is 0 Å². The highest BCUT2D eigenvalue weighted by Crippen LogP contribution is 2.40. The normalized spacial score (nSPS) is 13.9. The molecule has 102 valence electrons. The SMILES string of the molecule is CNc1nc(-c2occc2C)nc2sc3c(c12)CCC3. The summed E-state index contributed by atoms with van der Waals surface area (Å²) in [5, 5.41) is 4.43. The first kappa shape index (κ1) is 11.9. The molecule has 3 heterocycles. The number of hydrogen-bond acceptors (Lipinski definition) is 5. The van der Waals surface area contributed by atoms with Gasteiger partial charge in [0, 0.05) is 11.9 Å². The molecule has 0 spiro atoms. The molecule has 3 aromatic rings. The van der Waals surface area contributed by atoms with E-state index in [9.17, 15) is 0 Å². The largest absolute Gasteiger partial charge is 0.461 e. The Morgan fingerprint density at radius 1 is 1.30 bits per heavy atom. The first-order valence-electron chi connectivity index (χ1n) is 6.82. The minimum absolute atomic E-state index is 0.671. The first-order valence-corrected chi connectivity index (χ1v) is 7.64. The highest BCUT2D eigenvalue weighted by Gasteiger charge is 2.23. The molecule has 3 aromatic heterocycles. The van der Waals surface area contributed by atoms with Crippen LogP contribution in [-0.4, -0.2) is 17.0 Å². The second-order valence-corrected chi connectivity index (χ2v) is 6.20. The quantitative estimate of drug-likeness (QED) is 0.778. The smallest absolute Gasteiger partial charge is 0.199 e. The summed E-state index contributed by atoms with van der Waals surface area (Å²) in [6.07, 6.45) is 5.26. The fraction of sp³-hybridized carbons (Fsp3) is 0.333. The van der Waals surface area contributed by atoms with Gasteiger partial charge in [-0.25, -0.2) is 9.97 Å². The highest BCUT2D eigenvalue weighted by molar-refractivity contribution is 7.19. The summed E-state index contributed by atoms with van der Waals surface area (Å²) >= 11 is 1.80. The van der Waals surface area contributed by atoms with Crippen molar-refractivity contribution in [3.63, 3.8) is 0 Å². The van der Waals surface area contributed by atoms with E-state index in [0.717, 1.165) is 28.4 Å². The van der Waals surface area contributed by atoms with Crippen molar-refractivity contribution in [1.82, 2.24) is 9.97 Å². The van der Waals surface area contributed by atoms with E-state index in [0.29, 0.717) is 5.82 Å². The van der Waals surface area contributed by atoms with E-state index in [4.69, 9.17) is 9.40 Å². The third-order valence-corrected chi connectivity index (χ3v) is 5.05. The van der Waals surface area contributed by atoms with Gasteiger partial charge in [-0.1, -0.05) is 0 Å². The van der Waals surface area contributed by atoms with Crippen molar-refractivity contribution in [2.45, 2.75) is 26.2 Å². The van der Waals surface area contributed by atoms with Crippen LogP contribution in [0.3, 0.4) is 0 Å². The third-order valence-electron chi connectivity index (χ3n) is 3.87. The Kier molecular flexibility index (Phi) is 2.57. The lowest BCUT2D eigenvalue weighted by Crippen LogP contribution is -1.98. The second-order valence-electron chi connectivity index (χ2n) is 5.12. The molecule has 0 unspecified atom stereocenters. The van der Waals surface area contributed by atoms with Gasteiger partial charge in [0.1, 0.15) is 10.6 Å². The van der Waals surface area contributed by atoms with Crippen LogP contribution in [0.5, 0.6) is 0 Å². The summed E-state index contributed by atoms with van der Waals surface area (Å²) in [6, 6.07) is 1.94. The molecule has 0 saturated carbocycles. The number of thiophene rings is 1. The van der Waals surface area contributed by atoms with E-state index in [1.807, 2.05) is 20.0 Å². The average Bonchev–Trinajstić information content (AvgIpc) is 3.12. The standard InChI is InChI=1S/C15H15N3OS/c1-8-6-7-19-12(8)14-17-13(16-2)11-9-4-3-5-10(9)20-15(11)18-14/h6-7H,3-5H2,1-2H3,(H,16,17,18). The molecule has 0 radical (unpaired) electrons. The Labute approximate surface area is 120 Å². The maximum absolute atomic E-state index is 5.53. The number of aryl methyl sites for hydroxylation is 3. The summed E-state index contributed by atoms with van der Waals surface area (Å²) in [4.78, 5) is 11.9. The van der Waals surface area contributed by atoms with E-state index >= 15 is 0 Å². The zero-order valence-electron chi connectivity index (χ0n) is 11.5. The number of hydrogen-bond donors (Lipinski definition) is 1. The Bertz CT molecular complexity index is 803. The van der Waals surface area contributed by atoms with Crippen LogP contribution >= 0.6 is 11.3 Å². The summed E-state index contributed by atoms with van der Waals surface area (Å²) in [7, 11) is 1.92. The van der Waals surface area contributed by atoms with Crippen molar-refractivity contribution in [3.05, 3.63) is 28.3 Å². The topological polar surface area (TPSA) is 51.0 Å². The fourth-order valence-corrected chi connectivity index (χ4v) is 4.14. The van der Waals surface area contributed by atoms with E-state index in [2.05, 4.69) is 10.3 Å². The summed E-state index contributed by atoms with van der Waals surface area (Å²) < 4.78 is 5.53. The second kappa shape index (κ2) is 4.31. The minimum atomic E-state index is 0.671. The van der Waals surface area contributed by atoms with Gasteiger partial charge in [0.15, 0.2) is 11.6 Å². The van der Waals surface area contributed by atoms with Crippen LogP contribution in [0, 0.1) is 6.92 Å². The predicted molar refractivity (Wildman–Crippen MR) is 81.4 cm³/mol. The van der Waals surface area contributed by atoms with Gasteiger partial charge in [-0.2, -0.15) is 0 Å². The summed E-state index contributed by atoms with van der Waals surface area (Å²) in [5.41, 5.74) is 2.51. The van der Waals surface area contributed by atoms with Crippen molar-refractivity contribution >= 4 is 27.4 Å². The van der Waals surface area contributed by atoms with Gasteiger partial charge in [-0.15, -0.1) is 11.3 Å². The minimum Gasteiger partial charge on any atom is -0.461 e. The number of nitrogens with one attached hydrogen (secondary N) is 1. The van der Waals surface area contributed by atoms with E-state index in [1.165, 1.54) is 28.7 Å². The molecule has 0 aromatic carbocycles. The maximum atomic E-state index is 5.53. The van der Waals surface area contributed by atoms with Crippen LogP contribution in [0.15, 0.2) is 16.7 Å². The molecule has 0 amide bonds. The van der Waals surface area contributed by atoms with Crippen molar-refractivity contribution < 1.29 is 4.42 Å². The number of fused-ring (bicyclic) bond motifs is 3. The maximum Gasteiger partial charge on any atom is 0.199 e. The third kappa shape index (κ3) is 1.59. The van der Waals surface area contributed by atoms with Gasteiger partial charge in [-0.3, -0.25) is 0 Å². The average molecular weight is 285 g/mol. The van der Waals surface area contributed by atoms with Gasteiger partial charge in [0.25, 0.3) is 0 Å². The zero-order valence-corrected chi connectivity index (χ0v) is 12.3. The molecular formula is C15H15N3OS. The molecule has 4 rings (SSSR count).